The third kappa shape index (κ3) is 2.73. The quantitative estimate of drug-likeness (QED) is 0.800. The van der Waals surface area contributed by atoms with Crippen molar-refractivity contribution in [3.8, 4) is 0 Å². The van der Waals surface area contributed by atoms with E-state index in [1.165, 1.54) is 0 Å². The Morgan fingerprint density at radius 2 is 2.20 bits per heavy atom. The van der Waals surface area contributed by atoms with Crippen molar-refractivity contribution in [2.45, 2.75) is 39.3 Å². The van der Waals surface area contributed by atoms with Crippen LogP contribution in [0.5, 0.6) is 0 Å². The van der Waals surface area contributed by atoms with Gasteiger partial charge in [-0.2, -0.15) is 0 Å². The number of ether oxygens (including phenoxy) is 1. The normalized spacial score (nSPS) is 14.9. The molecule has 1 heterocycles. The third-order valence-corrected chi connectivity index (χ3v) is 2.53. The van der Waals surface area contributed by atoms with Crippen LogP contribution in [0.15, 0.2) is 12.3 Å². The van der Waals surface area contributed by atoms with Gasteiger partial charge in [-0.25, -0.2) is 9.97 Å². The van der Waals surface area contributed by atoms with E-state index in [9.17, 15) is 0 Å². The van der Waals surface area contributed by atoms with Crippen molar-refractivity contribution >= 4 is 0 Å². The Hall–Kier alpha value is -1.00. The van der Waals surface area contributed by atoms with E-state index in [0.29, 0.717) is 13.2 Å². The van der Waals surface area contributed by atoms with E-state index < -0.39 is 5.60 Å². The van der Waals surface area contributed by atoms with Gasteiger partial charge in [-0.05, 0) is 26.3 Å². The van der Waals surface area contributed by atoms with Gasteiger partial charge < -0.3 is 10.5 Å². The molecule has 1 rings (SSSR count). The fraction of sp³-hybridized carbons (Fsp3) is 0.636. The van der Waals surface area contributed by atoms with Crippen LogP contribution in [0, 0.1) is 0 Å². The average molecular weight is 209 g/mol. The summed E-state index contributed by atoms with van der Waals surface area (Å²) in [5.74, 6) is 0.717. The minimum absolute atomic E-state index is 0.403. The van der Waals surface area contributed by atoms with Gasteiger partial charge in [0.25, 0.3) is 0 Å². The lowest BCUT2D eigenvalue weighted by Gasteiger charge is -2.26. The number of rotatable bonds is 5. The SMILES string of the molecule is CCOC(C)(CC)c1nccc(CN)n1. The second kappa shape index (κ2) is 5.19. The topological polar surface area (TPSA) is 61.0 Å². The molecule has 1 atom stereocenters. The number of hydrogen-bond acceptors (Lipinski definition) is 4. The maximum absolute atomic E-state index is 5.70. The maximum Gasteiger partial charge on any atom is 0.160 e. The first-order valence-electron chi connectivity index (χ1n) is 5.32. The molecule has 0 spiro atoms. The predicted octanol–water partition coefficient (Wildman–Crippen LogP) is 1.60. The zero-order chi connectivity index (χ0) is 11.3. The Bertz CT molecular complexity index is 316. The van der Waals surface area contributed by atoms with Crippen molar-refractivity contribution in [2.75, 3.05) is 6.61 Å². The molecule has 1 unspecified atom stereocenters. The Morgan fingerprint density at radius 3 is 2.73 bits per heavy atom. The number of hydrogen-bond donors (Lipinski definition) is 1. The molecule has 4 heteroatoms. The summed E-state index contributed by atoms with van der Waals surface area (Å²) in [7, 11) is 0. The van der Waals surface area contributed by atoms with E-state index in [-0.39, 0.29) is 0 Å². The molecule has 0 fully saturated rings. The third-order valence-electron chi connectivity index (χ3n) is 2.53. The lowest BCUT2D eigenvalue weighted by atomic mass is 10.0. The summed E-state index contributed by atoms with van der Waals surface area (Å²) >= 11 is 0. The fourth-order valence-electron chi connectivity index (χ4n) is 1.41. The summed E-state index contributed by atoms with van der Waals surface area (Å²) in [5, 5.41) is 0. The summed E-state index contributed by atoms with van der Waals surface area (Å²) in [4.78, 5) is 8.65. The largest absolute Gasteiger partial charge is 0.368 e. The van der Waals surface area contributed by atoms with Crippen LogP contribution in [0.1, 0.15) is 38.7 Å². The first-order chi connectivity index (χ1) is 7.16. The van der Waals surface area contributed by atoms with Gasteiger partial charge in [0.15, 0.2) is 5.82 Å². The first-order valence-corrected chi connectivity index (χ1v) is 5.32. The maximum atomic E-state index is 5.70. The molecule has 2 N–H and O–H groups in total. The van der Waals surface area contributed by atoms with Crippen molar-refractivity contribution in [1.82, 2.24) is 9.97 Å². The predicted molar refractivity (Wildman–Crippen MR) is 59.2 cm³/mol. The fourth-order valence-corrected chi connectivity index (χ4v) is 1.41. The molecule has 4 nitrogen and oxygen atoms in total. The van der Waals surface area contributed by atoms with Crippen LogP contribution >= 0.6 is 0 Å². The van der Waals surface area contributed by atoms with E-state index in [2.05, 4.69) is 16.9 Å². The molecule has 0 bridgehead atoms. The zero-order valence-corrected chi connectivity index (χ0v) is 9.66. The highest BCUT2D eigenvalue weighted by molar-refractivity contribution is 5.07. The molecule has 0 saturated carbocycles. The Labute approximate surface area is 90.9 Å². The second-order valence-corrected chi connectivity index (χ2v) is 3.59. The van der Waals surface area contributed by atoms with Crippen LogP contribution in [-0.2, 0) is 16.9 Å². The standard InChI is InChI=1S/C11H19N3O/c1-4-11(3,15-5-2)10-13-7-6-9(8-12)14-10/h6-7H,4-5,8,12H2,1-3H3. The van der Waals surface area contributed by atoms with E-state index in [1.807, 2.05) is 19.9 Å². The van der Waals surface area contributed by atoms with Crippen LogP contribution in [-0.4, -0.2) is 16.6 Å². The van der Waals surface area contributed by atoms with Crippen molar-refractivity contribution in [3.63, 3.8) is 0 Å². The molecular formula is C11H19N3O. The van der Waals surface area contributed by atoms with Crippen LogP contribution in [0.25, 0.3) is 0 Å². The van der Waals surface area contributed by atoms with Gasteiger partial charge in [0, 0.05) is 19.3 Å². The summed E-state index contributed by atoms with van der Waals surface area (Å²) in [6, 6.07) is 1.82. The molecular weight excluding hydrogens is 190 g/mol. The Balaban J connectivity index is 3.00. The highest BCUT2D eigenvalue weighted by Gasteiger charge is 2.28. The van der Waals surface area contributed by atoms with Crippen molar-refractivity contribution < 1.29 is 4.74 Å². The molecule has 1 aromatic rings. The second-order valence-electron chi connectivity index (χ2n) is 3.59. The van der Waals surface area contributed by atoms with E-state index in [0.717, 1.165) is 17.9 Å². The summed E-state index contributed by atoms with van der Waals surface area (Å²) in [6.45, 7) is 7.13. The molecule has 0 saturated heterocycles. The summed E-state index contributed by atoms with van der Waals surface area (Å²) in [5.41, 5.74) is 5.99. The molecule has 0 radical (unpaired) electrons. The number of aromatic nitrogens is 2. The summed E-state index contributed by atoms with van der Waals surface area (Å²) in [6.07, 6.45) is 2.58. The number of nitrogens with two attached hydrogens (primary N) is 1. The van der Waals surface area contributed by atoms with Gasteiger partial charge in [-0.1, -0.05) is 6.92 Å². The molecule has 84 valence electrons. The van der Waals surface area contributed by atoms with Crippen LogP contribution < -0.4 is 5.73 Å². The summed E-state index contributed by atoms with van der Waals surface area (Å²) < 4.78 is 5.70. The minimum atomic E-state index is -0.403. The Kier molecular flexibility index (Phi) is 4.17. The van der Waals surface area contributed by atoms with Gasteiger partial charge >= 0.3 is 0 Å². The highest BCUT2D eigenvalue weighted by atomic mass is 16.5. The van der Waals surface area contributed by atoms with E-state index in [4.69, 9.17) is 10.5 Å². The molecule has 0 aromatic carbocycles. The van der Waals surface area contributed by atoms with Crippen molar-refractivity contribution in [3.05, 3.63) is 23.8 Å². The van der Waals surface area contributed by atoms with Crippen LogP contribution in [0.2, 0.25) is 0 Å². The lowest BCUT2D eigenvalue weighted by Crippen LogP contribution is -2.28. The first kappa shape index (κ1) is 12.1. The zero-order valence-electron chi connectivity index (χ0n) is 9.66. The molecule has 0 aliphatic heterocycles. The highest BCUT2D eigenvalue weighted by Crippen LogP contribution is 2.25. The molecule has 15 heavy (non-hydrogen) atoms. The molecule has 0 amide bonds. The van der Waals surface area contributed by atoms with Gasteiger partial charge in [0.2, 0.25) is 0 Å². The van der Waals surface area contributed by atoms with E-state index >= 15 is 0 Å². The van der Waals surface area contributed by atoms with Gasteiger partial charge in [0.05, 0.1) is 5.69 Å². The minimum Gasteiger partial charge on any atom is -0.368 e. The average Bonchev–Trinajstić information content (AvgIpc) is 2.29. The van der Waals surface area contributed by atoms with Crippen LogP contribution in [0.4, 0.5) is 0 Å². The molecule has 0 aliphatic carbocycles. The molecule has 1 aromatic heterocycles. The van der Waals surface area contributed by atoms with Crippen molar-refractivity contribution in [2.24, 2.45) is 5.73 Å². The lowest BCUT2D eigenvalue weighted by molar-refractivity contribution is -0.0391. The smallest absolute Gasteiger partial charge is 0.160 e. The number of nitrogens with zero attached hydrogens (tertiary/aromatic N) is 2. The van der Waals surface area contributed by atoms with Crippen LogP contribution in [0.3, 0.4) is 0 Å². The monoisotopic (exact) mass is 209 g/mol. The van der Waals surface area contributed by atoms with Gasteiger partial charge in [0.1, 0.15) is 5.60 Å². The van der Waals surface area contributed by atoms with Gasteiger partial charge in [-0.15, -0.1) is 0 Å². The molecule has 0 aliphatic rings. The van der Waals surface area contributed by atoms with Gasteiger partial charge in [-0.3, -0.25) is 0 Å². The van der Waals surface area contributed by atoms with E-state index in [1.54, 1.807) is 6.20 Å². The Morgan fingerprint density at radius 1 is 1.47 bits per heavy atom. The van der Waals surface area contributed by atoms with Crippen molar-refractivity contribution in [1.29, 1.82) is 0 Å².